The molecule has 0 saturated carbocycles. The first-order valence-corrected chi connectivity index (χ1v) is 8.73. The Hall–Kier alpha value is -3.66. The summed E-state index contributed by atoms with van der Waals surface area (Å²) in [7, 11) is 1.65. The van der Waals surface area contributed by atoms with Crippen molar-refractivity contribution in [1.29, 1.82) is 0 Å². The third-order valence-corrected chi connectivity index (χ3v) is 4.19. The van der Waals surface area contributed by atoms with Crippen molar-refractivity contribution in [2.75, 3.05) is 12.4 Å². The third kappa shape index (κ3) is 3.96. The standard InChI is InChI=1S/C23H19N3O/c1-27-20-14-8-13-19(15-20)24-23-25-21(17-9-4-2-5-10-17)16-22(26-23)18-11-6-3-7-12-18/h2-16H,1H3,(H,24,25,26). The van der Waals surface area contributed by atoms with E-state index in [1.807, 2.05) is 91.0 Å². The lowest BCUT2D eigenvalue weighted by Crippen LogP contribution is -2.00. The Bertz CT molecular complexity index is 976. The van der Waals surface area contributed by atoms with Gasteiger partial charge in [-0.05, 0) is 18.2 Å². The molecule has 1 heterocycles. The molecule has 4 nitrogen and oxygen atoms in total. The van der Waals surface area contributed by atoms with Gasteiger partial charge in [-0.1, -0.05) is 66.7 Å². The van der Waals surface area contributed by atoms with E-state index in [1.54, 1.807) is 7.11 Å². The molecule has 3 aromatic carbocycles. The van der Waals surface area contributed by atoms with Crippen LogP contribution in [0.2, 0.25) is 0 Å². The van der Waals surface area contributed by atoms with Crippen LogP contribution in [-0.4, -0.2) is 17.1 Å². The molecule has 4 aromatic rings. The minimum atomic E-state index is 0.545. The molecule has 0 aliphatic carbocycles. The topological polar surface area (TPSA) is 47.0 Å². The van der Waals surface area contributed by atoms with Crippen LogP contribution in [0.3, 0.4) is 0 Å². The molecule has 27 heavy (non-hydrogen) atoms. The fourth-order valence-corrected chi connectivity index (χ4v) is 2.85. The second kappa shape index (κ2) is 7.70. The minimum Gasteiger partial charge on any atom is -0.497 e. The maximum Gasteiger partial charge on any atom is 0.228 e. The van der Waals surface area contributed by atoms with Gasteiger partial charge in [-0.15, -0.1) is 0 Å². The van der Waals surface area contributed by atoms with E-state index < -0.39 is 0 Å². The summed E-state index contributed by atoms with van der Waals surface area (Å²) in [6.45, 7) is 0. The molecule has 0 bridgehead atoms. The second-order valence-electron chi connectivity index (χ2n) is 6.05. The summed E-state index contributed by atoms with van der Waals surface area (Å²) in [4.78, 5) is 9.43. The van der Waals surface area contributed by atoms with E-state index in [9.17, 15) is 0 Å². The molecule has 0 aliphatic rings. The van der Waals surface area contributed by atoms with Crippen molar-refractivity contribution in [3.63, 3.8) is 0 Å². The van der Waals surface area contributed by atoms with Gasteiger partial charge in [0.25, 0.3) is 0 Å². The zero-order valence-corrected chi connectivity index (χ0v) is 15.0. The van der Waals surface area contributed by atoms with Gasteiger partial charge in [0.2, 0.25) is 5.95 Å². The van der Waals surface area contributed by atoms with E-state index in [0.29, 0.717) is 5.95 Å². The molecule has 1 aromatic heterocycles. The van der Waals surface area contributed by atoms with Crippen LogP contribution in [0.15, 0.2) is 91.0 Å². The molecule has 4 heteroatoms. The molecule has 0 spiro atoms. The third-order valence-electron chi connectivity index (χ3n) is 4.19. The zero-order chi connectivity index (χ0) is 18.5. The number of benzene rings is 3. The van der Waals surface area contributed by atoms with Crippen LogP contribution in [0.5, 0.6) is 5.75 Å². The molecular weight excluding hydrogens is 334 g/mol. The van der Waals surface area contributed by atoms with E-state index >= 15 is 0 Å². The quantitative estimate of drug-likeness (QED) is 0.510. The van der Waals surface area contributed by atoms with Gasteiger partial charge < -0.3 is 10.1 Å². The zero-order valence-electron chi connectivity index (χ0n) is 15.0. The average molecular weight is 353 g/mol. The first-order chi connectivity index (χ1) is 13.3. The number of hydrogen-bond donors (Lipinski definition) is 1. The van der Waals surface area contributed by atoms with Crippen LogP contribution in [0.1, 0.15) is 0 Å². The van der Waals surface area contributed by atoms with Crippen LogP contribution in [0.4, 0.5) is 11.6 Å². The number of anilines is 2. The number of nitrogens with zero attached hydrogens (tertiary/aromatic N) is 2. The molecule has 1 N–H and O–H groups in total. The summed E-state index contributed by atoms with van der Waals surface area (Å²) in [6, 6.07) is 30.0. The van der Waals surface area contributed by atoms with Crippen molar-refractivity contribution in [2.24, 2.45) is 0 Å². The van der Waals surface area contributed by atoms with Gasteiger partial charge in [-0.3, -0.25) is 0 Å². The molecule has 132 valence electrons. The maximum atomic E-state index is 5.30. The predicted octanol–water partition coefficient (Wildman–Crippen LogP) is 5.56. The van der Waals surface area contributed by atoms with E-state index in [1.165, 1.54) is 0 Å². The van der Waals surface area contributed by atoms with Crippen molar-refractivity contribution in [2.45, 2.75) is 0 Å². The maximum absolute atomic E-state index is 5.30. The molecule has 0 radical (unpaired) electrons. The fraction of sp³-hybridized carbons (Fsp3) is 0.0435. The highest BCUT2D eigenvalue weighted by molar-refractivity contribution is 5.70. The highest BCUT2D eigenvalue weighted by Gasteiger charge is 2.09. The van der Waals surface area contributed by atoms with E-state index in [4.69, 9.17) is 14.7 Å². The van der Waals surface area contributed by atoms with Crippen molar-refractivity contribution < 1.29 is 4.74 Å². The Morgan fingerprint density at radius 1 is 0.667 bits per heavy atom. The second-order valence-corrected chi connectivity index (χ2v) is 6.05. The van der Waals surface area contributed by atoms with Crippen molar-refractivity contribution in [3.8, 4) is 28.3 Å². The van der Waals surface area contributed by atoms with Crippen molar-refractivity contribution in [1.82, 2.24) is 9.97 Å². The summed E-state index contributed by atoms with van der Waals surface area (Å²) in [5.41, 5.74) is 4.71. The Kier molecular flexibility index (Phi) is 4.79. The lowest BCUT2D eigenvalue weighted by Gasteiger charge is -2.11. The number of methoxy groups -OCH3 is 1. The predicted molar refractivity (Wildman–Crippen MR) is 109 cm³/mol. The van der Waals surface area contributed by atoms with E-state index in [-0.39, 0.29) is 0 Å². The molecule has 0 fully saturated rings. The number of aromatic nitrogens is 2. The van der Waals surface area contributed by atoms with E-state index in [2.05, 4.69) is 5.32 Å². The lowest BCUT2D eigenvalue weighted by molar-refractivity contribution is 0.415. The van der Waals surface area contributed by atoms with Crippen LogP contribution >= 0.6 is 0 Å². The highest BCUT2D eigenvalue weighted by Crippen LogP contribution is 2.27. The Balaban J connectivity index is 1.78. The summed E-state index contributed by atoms with van der Waals surface area (Å²) < 4.78 is 5.30. The molecular formula is C23H19N3O. The lowest BCUT2D eigenvalue weighted by atomic mass is 10.1. The van der Waals surface area contributed by atoms with Gasteiger partial charge in [-0.25, -0.2) is 9.97 Å². The molecule has 0 atom stereocenters. The first kappa shape index (κ1) is 16.8. The molecule has 0 aliphatic heterocycles. The van der Waals surface area contributed by atoms with Crippen molar-refractivity contribution >= 4 is 11.6 Å². The SMILES string of the molecule is COc1cccc(Nc2nc(-c3ccccc3)cc(-c3ccccc3)n2)c1. The average Bonchev–Trinajstić information content (AvgIpc) is 2.75. The number of rotatable bonds is 5. The summed E-state index contributed by atoms with van der Waals surface area (Å²) in [5.74, 6) is 1.32. The molecule has 4 rings (SSSR count). The van der Waals surface area contributed by atoms with Gasteiger partial charge >= 0.3 is 0 Å². The summed E-state index contributed by atoms with van der Waals surface area (Å²) >= 11 is 0. The van der Waals surface area contributed by atoms with Gasteiger partial charge in [-0.2, -0.15) is 0 Å². The van der Waals surface area contributed by atoms with Gasteiger partial charge in [0.05, 0.1) is 18.5 Å². The fourth-order valence-electron chi connectivity index (χ4n) is 2.85. The van der Waals surface area contributed by atoms with Crippen LogP contribution < -0.4 is 10.1 Å². The molecule has 0 saturated heterocycles. The normalized spacial score (nSPS) is 10.4. The van der Waals surface area contributed by atoms with Gasteiger partial charge in [0.15, 0.2) is 0 Å². The summed E-state index contributed by atoms with van der Waals surface area (Å²) in [5, 5.41) is 3.30. The van der Waals surface area contributed by atoms with Gasteiger partial charge in [0.1, 0.15) is 5.75 Å². The van der Waals surface area contributed by atoms with Crippen LogP contribution in [0, 0.1) is 0 Å². The van der Waals surface area contributed by atoms with Crippen LogP contribution in [-0.2, 0) is 0 Å². The molecule has 0 amide bonds. The number of ether oxygens (including phenoxy) is 1. The number of hydrogen-bond acceptors (Lipinski definition) is 4. The smallest absolute Gasteiger partial charge is 0.228 e. The van der Waals surface area contributed by atoms with Crippen LogP contribution in [0.25, 0.3) is 22.5 Å². The number of nitrogens with one attached hydrogen (secondary N) is 1. The van der Waals surface area contributed by atoms with E-state index in [0.717, 1.165) is 34.0 Å². The Morgan fingerprint density at radius 2 is 1.26 bits per heavy atom. The largest absolute Gasteiger partial charge is 0.497 e. The van der Waals surface area contributed by atoms with Crippen molar-refractivity contribution in [3.05, 3.63) is 91.0 Å². The summed E-state index contributed by atoms with van der Waals surface area (Å²) in [6.07, 6.45) is 0. The molecule has 0 unspecified atom stereocenters. The Morgan fingerprint density at radius 3 is 1.81 bits per heavy atom. The first-order valence-electron chi connectivity index (χ1n) is 8.73. The monoisotopic (exact) mass is 353 g/mol. The minimum absolute atomic E-state index is 0.545. The highest BCUT2D eigenvalue weighted by atomic mass is 16.5. The Labute approximate surface area is 158 Å². The van der Waals surface area contributed by atoms with Gasteiger partial charge in [0, 0.05) is 22.9 Å².